The molecule has 1 fully saturated rings. The number of rotatable bonds is 5. The zero-order chi connectivity index (χ0) is 21.3. The number of ether oxygens (including phenoxy) is 2. The van der Waals surface area contributed by atoms with Crippen LogP contribution in [0.4, 0.5) is 11.5 Å². The maximum absolute atomic E-state index is 12.5. The molecule has 2 N–H and O–H groups in total. The molecule has 4 rings (SSSR count). The Morgan fingerprint density at radius 3 is 2.70 bits per heavy atom. The molecule has 158 valence electrons. The van der Waals surface area contributed by atoms with Gasteiger partial charge in [-0.05, 0) is 43.2 Å². The van der Waals surface area contributed by atoms with Gasteiger partial charge in [-0.3, -0.25) is 13.7 Å². The molecule has 9 nitrogen and oxygen atoms in total. The van der Waals surface area contributed by atoms with E-state index in [1.54, 1.807) is 47.5 Å². The van der Waals surface area contributed by atoms with Gasteiger partial charge in [0.2, 0.25) is 0 Å². The third kappa shape index (κ3) is 3.88. The molecular weight excluding hydrogens is 408 g/mol. The number of pyridine rings is 1. The van der Waals surface area contributed by atoms with Crippen molar-refractivity contribution in [3.63, 3.8) is 0 Å². The van der Waals surface area contributed by atoms with Crippen LogP contribution in [0.3, 0.4) is 0 Å². The second-order valence-electron chi connectivity index (χ2n) is 7.04. The first-order chi connectivity index (χ1) is 14.5. The molecule has 10 heteroatoms. The second kappa shape index (κ2) is 8.41. The summed E-state index contributed by atoms with van der Waals surface area (Å²) in [7, 11) is 0.276. The average Bonchev–Trinajstić information content (AvgIpc) is 3.13. The van der Waals surface area contributed by atoms with Crippen molar-refractivity contribution in [1.29, 1.82) is 0 Å². The van der Waals surface area contributed by atoms with Crippen LogP contribution in [0.1, 0.15) is 18.9 Å². The molecule has 3 heterocycles. The van der Waals surface area contributed by atoms with Gasteiger partial charge in [-0.2, -0.15) is 5.10 Å². The van der Waals surface area contributed by atoms with E-state index in [2.05, 4.69) is 15.4 Å². The van der Waals surface area contributed by atoms with Gasteiger partial charge in [0.1, 0.15) is 5.39 Å². The molecule has 0 amide bonds. The van der Waals surface area contributed by atoms with Crippen LogP contribution in [0.15, 0.2) is 46.2 Å². The van der Waals surface area contributed by atoms with Gasteiger partial charge in [0.05, 0.1) is 25.3 Å². The lowest BCUT2D eigenvalue weighted by atomic mass is 10.1. The number of H-pyrrole nitrogens is 1. The van der Waals surface area contributed by atoms with Gasteiger partial charge >= 0.3 is 5.97 Å². The lowest BCUT2D eigenvalue weighted by molar-refractivity contribution is -0.158. The van der Waals surface area contributed by atoms with Crippen molar-refractivity contribution in [2.75, 3.05) is 25.3 Å². The van der Waals surface area contributed by atoms with Gasteiger partial charge < -0.3 is 19.8 Å². The number of carbonyl (C=O) groups excluding carboxylic acids is 1. The van der Waals surface area contributed by atoms with E-state index in [1.165, 1.54) is 7.11 Å². The van der Waals surface area contributed by atoms with Crippen LogP contribution in [0.25, 0.3) is 10.9 Å². The first kappa shape index (κ1) is 20.3. The monoisotopic (exact) mass is 430 g/mol. The zero-order valence-electron chi connectivity index (χ0n) is 16.6. The molecule has 2 aromatic heterocycles. The Kier molecular flexibility index (Phi) is 5.69. The highest BCUT2D eigenvalue weighted by molar-refractivity contribution is 7.84. The largest absolute Gasteiger partial charge is 0.467 e. The van der Waals surface area contributed by atoms with Gasteiger partial charge in [0, 0.05) is 33.8 Å². The first-order valence-corrected chi connectivity index (χ1v) is 11.0. The predicted molar refractivity (Wildman–Crippen MR) is 112 cm³/mol. The highest BCUT2D eigenvalue weighted by Gasteiger charge is 2.30. The van der Waals surface area contributed by atoms with Gasteiger partial charge in [0.15, 0.2) is 11.9 Å². The maximum Gasteiger partial charge on any atom is 0.334 e. The van der Waals surface area contributed by atoms with E-state index >= 15 is 0 Å². The molecule has 0 saturated carbocycles. The molecule has 1 aliphatic heterocycles. The minimum atomic E-state index is -1.07. The van der Waals surface area contributed by atoms with Crippen LogP contribution in [-0.4, -0.2) is 51.0 Å². The number of fused-ring (bicyclic) bond motifs is 1. The van der Waals surface area contributed by atoms with Crippen LogP contribution >= 0.6 is 0 Å². The Morgan fingerprint density at radius 2 is 2.07 bits per heavy atom. The minimum absolute atomic E-state index is 0.115. The van der Waals surface area contributed by atoms with E-state index in [1.807, 2.05) is 0 Å². The SMILES string of the molecule is COC(=O)[C@H]1CC[C@H](n2nc(Nc3ccc(S(C)=O)cc3)c3c(=O)[nH]ccc32)CO1. The number of benzene rings is 1. The highest BCUT2D eigenvalue weighted by atomic mass is 32.2. The van der Waals surface area contributed by atoms with Gasteiger partial charge in [0.25, 0.3) is 5.56 Å². The van der Waals surface area contributed by atoms with Crippen LogP contribution in [0.2, 0.25) is 0 Å². The van der Waals surface area contributed by atoms with E-state index in [-0.39, 0.29) is 17.6 Å². The maximum atomic E-state index is 12.5. The molecule has 0 bridgehead atoms. The fraction of sp³-hybridized carbons (Fsp3) is 0.350. The molecular formula is C20H22N4O5S. The Bertz CT molecular complexity index is 1150. The fourth-order valence-corrected chi connectivity index (χ4v) is 4.10. The van der Waals surface area contributed by atoms with E-state index in [0.717, 1.165) is 5.69 Å². The molecule has 3 atom stereocenters. The summed E-state index contributed by atoms with van der Waals surface area (Å²) in [5, 5.41) is 8.27. The molecule has 0 spiro atoms. The number of hydrogen-bond donors (Lipinski definition) is 2. The van der Waals surface area contributed by atoms with Gasteiger partial charge in [-0.15, -0.1) is 0 Å². The summed E-state index contributed by atoms with van der Waals surface area (Å²) < 4.78 is 23.8. The summed E-state index contributed by atoms with van der Waals surface area (Å²) in [6.07, 6.45) is 3.81. The number of methoxy groups -OCH3 is 1. The normalized spacial score (nSPS) is 20.1. The molecule has 1 aliphatic rings. The Labute approximate surface area is 174 Å². The molecule has 30 heavy (non-hydrogen) atoms. The second-order valence-corrected chi connectivity index (χ2v) is 8.42. The number of aromatic amines is 1. The van der Waals surface area contributed by atoms with E-state index in [9.17, 15) is 13.8 Å². The number of nitrogens with one attached hydrogen (secondary N) is 2. The minimum Gasteiger partial charge on any atom is -0.467 e. The van der Waals surface area contributed by atoms with E-state index in [4.69, 9.17) is 9.47 Å². The third-order valence-electron chi connectivity index (χ3n) is 5.14. The van der Waals surface area contributed by atoms with Crippen molar-refractivity contribution in [2.24, 2.45) is 0 Å². The fourth-order valence-electron chi connectivity index (χ4n) is 3.58. The lowest BCUT2D eigenvalue weighted by Gasteiger charge is -2.28. The van der Waals surface area contributed by atoms with Gasteiger partial charge in [-0.1, -0.05) is 0 Å². The Balaban J connectivity index is 1.64. The lowest BCUT2D eigenvalue weighted by Crippen LogP contribution is -2.34. The molecule has 1 saturated heterocycles. The van der Waals surface area contributed by atoms with E-state index < -0.39 is 16.9 Å². The number of anilines is 2. The third-order valence-corrected chi connectivity index (χ3v) is 6.08. The first-order valence-electron chi connectivity index (χ1n) is 9.47. The van der Waals surface area contributed by atoms with Crippen molar-refractivity contribution in [3.05, 3.63) is 46.9 Å². The van der Waals surface area contributed by atoms with Gasteiger partial charge in [-0.25, -0.2) is 4.79 Å². The number of carbonyl (C=O) groups is 1. The molecule has 1 unspecified atom stereocenters. The van der Waals surface area contributed by atoms with Crippen molar-refractivity contribution in [2.45, 2.75) is 29.9 Å². The number of hydrogen-bond acceptors (Lipinski definition) is 7. The topological polar surface area (TPSA) is 115 Å². The van der Waals surface area contributed by atoms with Crippen LogP contribution in [0.5, 0.6) is 0 Å². The van der Waals surface area contributed by atoms with Crippen LogP contribution in [0, 0.1) is 0 Å². The summed E-state index contributed by atoms with van der Waals surface area (Å²) in [6.45, 7) is 0.291. The molecule has 0 radical (unpaired) electrons. The van der Waals surface area contributed by atoms with Crippen molar-refractivity contribution >= 4 is 39.2 Å². The molecule has 1 aromatic carbocycles. The number of aromatic nitrogens is 3. The van der Waals surface area contributed by atoms with Crippen molar-refractivity contribution < 1.29 is 18.5 Å². The van der Waals surface area contributed by atoms with Crippen molar-refractivity contribution in [3.8, 4) is 0 Å². The summed E-state index contributed by atoms with van der Waals surface area (Å²) >= 11 is 0. The number of esters is 1. The zero-order valence-corrected chi connectivity index (χ0v) is 17.4. The smallest absolute Gasteiger partial charge is 0.334 e. The summed E-state index contributed by atoms with van der Waals surface area (Å²) in [6, 6.07) is 8.81. The standard InChI is InChI=1S/C20H22N4O5S/c1-28-20(26)16-8-5-13(11-29-16)24-15-9-10-21-19(25)17(15)18(23-24)22-12-3-6-14(7-4-12)30(2)27/h3-4,6-7,9-10,13,16H,5,8,11H2,1-2H3,(H,21,25)(H,22,23)/t13-,16+,30?/m0/s1. The summed E-state index contributed by atoms with van der Waals surface area (Å²) in [5.74, 6) is 0.0429. The molecule has 0 aliphatic carbocycles. The Hall–Kier alpha value is -2.98. The molecule has 3 aromatic rings. The Morgan fingerprint density at radius 1 is 1.30 bits per heavy atom. The predicted octanol–water partition coefficient (Wildman–Crippen LogP) is 2.10. The quantitative estimate of drug-likeness (QED) is 0.596. The number of nitrogens with zero attached hydrogens (tertiary/aromatic N) is 2. The average molecular weight is 430 g/mol. The summed E-state index contributed by atoms with van der Waals surface area (Å²) in [4.78, 5) is 27.6. The summed E-state index contributed by atoms with van der Waals surface area (Å²) in [5.41, 5.74) is 1.15. The van der Waals surface area contributed by atoms with Crippen LogP contribution in [-0.2, 0) is 25.1 Å². The van der Waals surface area contributed by atoms with Crippen LogP contribution < -0.4 is 10.9 Å². The highest BCUT2D eigenvalue weighted by Crippen LogP contribution is 2.30. The van der Waals surface area contributed by atoms with E-state index in [0.29, 0.717) is 41.1 Å². The van der Waals surface area contributed by atoms with Crippen molar-refractivity contribution in [1.82, 2.24) is 14.8 Å².